The maximum Gasteiger partial charge on any atom is 0.182 e. The summed E-state index contributed by atoms with van der Waals surface area (Å²) in [5, 5.41) is 4.41. The number of halogens is 2. The Labute approximate surface area is 154 Å². The molecule has 1 N–H and O–H groups in total. The molecule has 0 aromatic heterocycles. The van der Waals surface area contributed by atoms with Crippen LogP contribution in [0.5, 0.6) is 0 Å². The molecule has 7 heteroatoms. The molecule has 3 rings (SSSR count). The third kappa shape index (κ3) is 3.39. The number of hydrogen-bond donors (Lipinski definition) is 1. The Bertz CT molecular complexity index is 879. The maximum absolute atomic E-state index is 12.5. The molecule has 1 atom stereocenters. The van der Waals surface area contributed by atoms with Crippen molar-refractivity contribution in [3.63, 3.8) is 0 Å². The van der Waals surface area contributed by atoms with Crippen molar-refractivity contribution in [2.24, 2.45) is 5.10 Å². The van der Waals surface area contributed by atoms with E-state index in [4.69, 9.17) is 11.6 Å². The van der Waals surface area contributed by atoms with Gasteiger partial charge in [0.2, 0.25) is 0 Å². The van der Waals surface area contributed by atoms with Crippen molar-refractivity contribution in [3.8, 4) is 0 Å². The monoisotopic (exact) mass is 460 g/mol. The number of benzene rings is 2. The molecule has 0 bridgehead atoms. The Kier molecular flexibility index (Phi) is 4.66. The third-order valence-corrected chi connectivity index (χ3v) is 6.88. The van der Waals surface area contributed by atoms with Gasteiger partial charge < -0.3 is 0 Å². The molecule has 2 aromatic carbocycles. The maximum atomic E-state index is 12.5. The Balaban J connectivity index is 2.01. The first-order valence-corrected chi connectivity index (χ1v) is 10.00. The minimum Gasteiger partial charge on any atom is -0.278 e. The second-order valence-corrected chi connectivity index (χ2v) is 9.39. The van der Waals surface area contributed by atoms with E-state index < -0.39 is 15.1 Å². The zero-order valence-electron chi connectivity index (χ0n) is 12.3. The summed E-state index contributed by atoms with van der Waals surface area (Å²) in [6.45, 7) is 1.70. The summed E-state index contributed by atoms with van der Waals surface area (Å²) in [6, 6.07) is 12.6. The van der Waals surface area contributed by atoms with E-state index >= 15 is 0 Å². The van der Waals surface area contributed by atoms with Gasteiger partial charge in [0.25, 0.3) is 0 Å². The van der Waals surface area contributed by atoms with Crippen LogP contribution in [0.4, 0.5) is 5.69 Å². The lowest BCUT2D eigenvalue weighted by atomic mass is 10.1. The van der Waals surface area contributed by atoms with Crippen LogP contribution in [0.3, 0.4) is 0 Å². The van der Waals surface area contributed by atoms with Gasteiger partial charge in [-0.1, -0.05) is 11.6 Å². The molecular formula is C16H14ClIN2O2S. The Morgan fingerprint density at radius 1 is 1.22 bits per heavy atom. The minimum atomic E-state index is -3.33. The fraction of sp³-hybridized carbons (Fsp3) is 0.188. The Morgan fingerprint density at radius 2 is 1.91 bits per heavy atom. The lowest BCUT2D eigenvalue weighted by Crippen LogP contribution is -2.30. The van der Waals surface area contributed by atoms with Gasteiger partial charge in [-0.15, -0.1) is 0 Å². The summed E-state index contributed by atoms with van der Waals surface area (Å²) in [6.07, 6.45) is 0.354. The van der Waals surface area contributed by atoms with E-state index in [1.54, 1.807) is 25.1 Å². The van der Waals surface area contributed by atoms with Gasteiger partial charge in [0, 0.05) is 20.6 Å². The average Bonchev–Trinajstić information content (AvgIpc) is 2.51. The summed E-state index contributed by atoms with van der Waals surface area (Å²) < 4.78 is 26.0. The smallest absolute Gasteiger partial charge is 0.182 e. The second-order valence-electron chi connectivity index (χ2n) is 5.38. The first-order chi connectivity index (χ1) is 10.9. The van der Waals surface area contributed by atoms with Crippen LogP contribution < -0.4 is 5.43 Å². The van der Waals surface area contributed by atoms with Crippen LogP contribution in [0, 0.1) is 3.57 Å². The molecule has 23 heavy (non-hydrogen) atoms. The molecule has 0 saturated carbocycles. The lowest BCUT2D eigenvalue weighted by Gasteiger charge is -2.23. The predicted molar refractivity (Wildman–Crippen MR) is 102 cm³/mol. The topological polar surface area (TPSA) is 58.5 Å². The molecule has 1 aliphatic heterocycles. The zero-order valence-corrected chi connectivity index (χ0v) is 16.0. The molecular weight excluding hydrogens is 447 g/mol. The highest BCUT2D eigenvalue weighted by atomic mass is 127. The number of nitrogens with zero attached hydrogens (tertiary/aromatic N) is 1. The molecule has 0 fully saturated rings. The number of hydrogen-bond acceptors (Lipinski definition) is 4. The van der Waals surface area contributed by atoms with Crippen LogP contribution in [0.15, 0.2) is 52.5 Å². The number of hydrazone groups is 1. The molecule has 1 aliphatic rings. The fourth-order valence-electron chi connectivity index (χ4n) is 2.45. The van der Waals surface area contributed by atoms with Crippen LogP contribution in [0.2, 0.25) is 5.02 Å². The molecule has 2 aromatic rings. The Hall–Kier alpha value is -1.12. The normalized spacial score (nSPS) is 21.0. The van der Waals surface area contributed by atoms with Crippen molar-refractivity contribution in [1.29, 1.82) is 0 Å². The van der Waals surface area contributed by atoms with E-state index in [0.717, 1.165) is 9.26 Å². The molecule has 4 nitrogen and oxygen atoms in total. The minimum absolute atomic E-state index is 0.295. The summed E-state index contributed by atoms with van der Waals surface area (Å²) in [5.41, 5.74) is 5.12. The van der Waals surface area contributed by atoms with E-state index in [0.29, 0.717) is 27.6 Å². The van der Waals surface area contributed by atoms with E-state index in [2.05, 4.69) is 33.1 Å². The SMILES string of the molecule is CC1C/C(=N\Nc2ccc(I)cc2)c2cc(Cl)ccc2S1(=O)=O. The first kappa shape index (κ1) is 16.7. The third-order valence-electron chi connectivity index (χ3n) is 3.73. The molecule has 1 unspecified atom stereocenters. The van der Waals surface area contributed by atoms with Gasteiger partial charge in [0.05, 0.1) is 21.5 Å². The standard InChI is InChI=1S/C16H14ClIN2O2S/c1-10-8-15(20-19-13-5-3-12(18)4-6-13)14-9-11(17)2-7-16(14)23(10,21)22/h2-7,9-10,19H,8H2,1H3/b20-15+. The quantitative estimate of drug-likeness (QED) is 0.536. The van der Waals surface area contributed by atoms with Gasteiger partial charge in [-0.3, -0.25) is 5.43 Å². The highest BCUT2D eigenvalue weighted by Gasteiger charge is 2.34. The van der Waals surface area contributed by atoms with Crippen LogP contribution in [0.25, 0.3) is 0 Å². The highest BCUT2D eigenvalue weighted by molar-refractivity contribution is 14.1. The van der Waals surface area contributed by atoms with Crippen molar-refractivity contribution in [1.82, 2.24) is 0 Å². The number of sulfone groups is 1. The summed E-state index contributed by atoms with van der Waals surface area (Å²) in [4.78, 5) is 0.295. The van der Waals surface area contributed by atoms with Gasteiger partial charge in [-0.25, -0.2) is 8.42 Å². The van der Waals surface area contributed by atoms with Crippen molar-refractivity contribution >= 4 is 55.4 Å². The fourth-order valence-corrected chi connectivity index (χ4v) is 4.53. The van der Waals surface area contributed by atoms with E-state index in [1.165, 1.54) is 0 Å². The van der Waals surface area contributed by atoms with Crippen LogP contribution in [-0.2, 0) is 9.84 Å². The second kappa shape index (κ2) is 6.41. The number of nitrogens with one attached hydrogen (secondary N) is 1. The zero-order chi connectivity index (χ0) is 16.6. The number of anilines is 1. The average molecular weight is 461 g/mol. The largest absolute Gasteiger partial charge is 0.278 e. The molecule has 120 valence electrons. The van der Waals surface area contributed by atoms with Crippen molar-refractivity contribution in [2.45, 2.75) is 23.5 Å². The van der Waals surface area contributed by atoms with Gasteiger partial charge in [-0.2, -0.15) is 5.10 Å². The van der Waals surface area contributed by atoms with Crippen molar-refractivity contribution < 1.29 is 8.42 Å². The van der Waals surface area contributed by atoms with Crippen LogP contribution in [-0.4, -0.2) is 19.4 Å². The molecule has 0 amide bonds. The van der Waals surface area contributed by atoms with E-state index in [1.807, 2.05) is 24.3 Å². The number of rotatable bonds is 2. The summed E-state index contributed by atoms with van der Waals surface area (Å²) in [7, 11) is -3.33. The van der Waals surface area contributed by atoms with Crippen LogP contribution >= 0.6 is 34.2 Å². The molecule has 0 radical (unpaired) electrons. The van der Waals surface area contributed by atoms with Gasteiger partial charge >= 0.3 is 0 Å². The first-order valence-electron chi connectivity index (χ1n) is 7.00. The molecule has 0 spiro atoms. The van der Waals surface area contributed by atoms with E-state index in [-0.39, 0.29) is 0 Å². The summed E-state index contributed by atoms with van der Waals surface area (Å²) >= 11 is 8.27. The van der Waals surface area contributed by atoms with Crippen LogP contribution in [0.1, 0.15) is 18.9 Å². The van der Waals surface area contributed by atoms with Crippen molar-refractivity contribution in [3.05, 3.63) is 56.6 Å². The van der Waals surface area contributed by atoms with Gasteiger partial charge in [0.1, 0.15) is 0 Å². The number of fused-ring (bicyclic) bond motifs is 1. The Morgan fingerprint density at radius 3 is 2.61 bits per heavy atom. The molecule has 1 heterocycles. The van der Waals surface area contributed by atoms with Crippen molar-refractivity contribution in [2.75, 3.05) is 5.43 Å². The predicted octanol–water partition coefficient (Wildman–Crippen LogP) is 4.33. The highest BCUT2D eigenvalue weighted by Crippen LogP contribution is 2.32. The molecule has 0 saturated heterocycles. The van der Waals surface area contributed by atoms with E-state index in [9.17, 15) is 8.42 Å². The lowest BCUT2D eigenvalue weighted by molar-refractivity contribution is 0.582. The summed E-state index contributed by atoms with van der Waals surface area (Å²) in [5.74, 6) is 0. The van der Waals surface area contributed by atoms with Gasteiger partial charge in [0.15, 0.2) is 9.84 Å². The van der Waals surface area contributed by atoms with Gasteiger partial charge in [-0.05, 0) is 72.0 Å². The molecule has 0 aliphatic carbocycles.